The molecular weight excluding hydrogens is 326 g/mol. The van der Waals surface area contributed by atoms with E-state index in [0.29, 0.717) is 11.8 Å². The van der Waals surface area contributed by atoms with Gasteiger partial charge in [0.25, 0.3) is 0 Å². The minimum absolute atomic E-state index is 0.594. The number of hydrogen-bond donors (Lipinski definition) is 1. The number of allylic oxidation sites excluding steroid dienone is 12. The molecule has 0 saturated heterocycles. The van der Waals surface area contributed by atoms with Crippen molar-refractivity contribution in [2.24, 2.45) is 11.8 Å². The Morgan fingerprint density at radius 1 is 1.30 bits per heavy atom. The van der Waals surface area contributed by atoms with E-state index in [4.69, 9.17) is 0 Å². The summed E-state index contributed by atoms with van der Waals surface area (Å²) in [5.74, 6) is 1.30. The van der Waals surface area contributed by atoms with Crippen LogP contribution in [-0.2, 0) is 0 Å². The van der Waals surface area contributed by atoms with Gasteiger partial charge < -0.3 is 5.32 Å². The quantitative estimate of drug-likeness (QED) is 0.433. The van der Waals surface area contributed by atoms with Crippen LogP contribution in [0.15, 0.2) is 84.3 Å². The third kappa shape index (κ3) is 10.7. The Labute approximate surface area is 168 Å². The lowest BCUT2D eigenvalue weighted by Crippen LogP contribution is -2.05. The fourth-order valence-corrected chi connectivity index (χ4v) is 3.10. The minimum Gasteiger partial charge on any atom is -0.365 e. The molecular formula is C26H39N. The van der Waals surface area contributed by atoms with Gasteiger partial charge in [0.15, 0.2) is 0 Å². The first-order valence-corrected chi connectivity index (χ1v) is 10.5. The average Bonchev–Trinajstić information content (AvgIpc) is 2.63. The van der Waals surface area contributed by atoms with E-state index >= 15 is 0 Å². The molecule has 1 N–H and O–H groups in total. The first-order chi connectivity index (χ1) is 13.1. The third-order valence-electron chi connectivity index (χ3n) is 4.88. The molecule has 0 aliphatic carbocycles. The topological polar surface area (TPSA) is 12.0 Å². The Bertz CT molecular complexity index is 608. The van der Waals surface area contributed by atoms with Crippen molar-refractivity contribution in [1.29, 1.82) is 0 Å². The van der Waals surface area contributed by atoms with Gasteiger partial charge in [-0.15, -0.1) is 0 Å². The summed E-state index contributed by atoms with van der Waals surface area (Å²) in [4.78, 5) is 0. The normalized spacial score (nSPS) is 25.5. The van der Waals surface area contributed by atoms with Crippen molar-refractivity contribution in [2.75, 3.05) is 0 Å². The van der Waals surface area contributed by atoms with Crippen LogP contribution >= 0.6 is 0 Å². The molecule has 1 nitrogen and oxygen atoms in total. The van der Waals surface area contributed by atoms with E-state index in [2.05, 4.69) is 88.2 Å². The second kappa shape index (κ2) is 14.1. The lowest BCUT2D eigenvalue weighted by Gasteiger charge is -2.16. The molecule has 1 aliphatic rings. The first-order valence-electron chi connectivity index (χ1n) is 10.5. The molecule has 0 aromatic rings. The van der Waals surface area contributed by atoms with E-state index in [0.717, 1.165) is 32.1 Å². The predicted molar refractivity (Wildman–Crippen MR) is 122 cm³/mol. The molecule has 148 valence electrons. The van der Waals surface area contributed by atoms with Crippen molar-refractivity contribution in [3.05, 3.63) is 84.3 Å². The van der Waals surface area contributed by atoms with Crippen LogP contribution in [0.4, 0.5) is 0 Å². The largest absolute Gasteiger partial charge is 0.365 e. The first kappa shape index (κ1) is 23.0. The van der Waals surface area contributed by atoms with Crippen LogP contribution in [0.1, 0.15) is 66.2 Å². The highest BCUT2D eigenvalue weighted by atomic mass is 14.8. The predicted octanol–water partition coefficient (Wildman–Crippen LogP) is 7.79. The van der Waals surface area contributed by atoms with Crippen LogP contribution in [0, 0.1) is 11.8 Å². The minimum atomic E-state index is 0.594. The third-order valence-corrected chi connectivity index (χ3v) is 4.88. The summed E-state index contributed by atoms with van der Waals surface area (Å²) in [5.41, 5.74) is 4.21. The molecule has 0 amide bonds. The van der Waals surface area contributed by atoms with Gasteiger partial charge >= 0.3 is 0 Å². The number of hydrogen-bond acceptors (Lipinski definition) is 1. The average molecular weight is 366 g/mol. The van der Waals surface area contributed by atoms with Crippen LogP contribution in [0.25, 0.3) is 0 Å². The molecule has 1 aliphatic heterocycles. The molecule has 0 aromatic carbocycles. The fraction of sp³-hybridized carbons (Fsp3) is 0.462. The second-order valence-electron chi connectivity index (χ2n) is 7.70. The van der Waals surface area contributed by atoms with Crippen molar-refractivity contribution >= 4 is 0 Å². The second-order valence-corrected chi connectivity index (χ2v) is 7.70. The zero-order chi connectivity index (χ0) is 19.9. The van der Waals surface area contributed by atoms with E-state index in [9.17, 15) is 0 Å². The zero-order valence-corrected chi connectivity index (χ0v) is 17.9. The van der Waals surface area contributed by atoms with Gasteiger partial charge in [0.1, 0.15) is 0 Å². The molecule has 1 atom stereocenters. The molecule has 1 heterocycles. The van der Waals surface area contributed by atoms with Gasteiger partial charge in [-0.2, -0.15) is 0 Å². The standard InChI is InChI=1S/C26H39N/c1-6-13-24(16-11-14-22(3)4)19-20-25-17-9-8-10-21-27-26(7-2)18-12-15-23(25)5/h6,8-11,13,16-18,21-23,27H,1,7,12,14-15,19-20H2,2-5H3/b9-8-,16-11-,21-10+,24-13+,25-17-,26-18-. The Hall–Kier alpha value is -2.02. The van der Waals surface area contributed by atoms with Gasteiger partial charge in [-0.1, -0.05) is 88.5 Å². The lowest BCUT2D eigenvalue weighted by atomic mass is 9.90. The monoisotopic (exact) mass is 365 g/mol. The van der Waals surface area contributed by atoms with Crippen LogP contribution in [0.3, 0.4) is 0 Å². The molecule has 0 fully saturated rings. The SMILES string of the molecule is C=C/C=C(\C=C/CC(C)C)CC/C1=C/C=C\C=C\N/C(CC)=C\CCC1C. The van der Waals surface area contributed by atoms with Gasteiger partial charge in [-0.05, 0) is 62.0 Å². The molecule has 0 saturated carbocycles. The zero-order valence-electron chi connectivity index (χ0n) is 17.9. The van der Waals surface area contributed by atoms with Crippen LogP contribution in [-0.4, -0.2) is 0 Å². The lowest BCUT2D eigenvalue weighted by molar-refractivity contribution is 0.592. The summed E-state index contributed by atoms with van der Waals surface area (Å²) < 4.78 is 0. The van der Waals surface area contributed by atoms with Crippen LogP contribution in [0.5, 0.6) is 0 Å². The van der Waals surface area contributed by atoms with Gasteiger partial charge in [-0.3, -0.25) is 0 Å². The summed E-state index contributed by atoms with van der Waals surface area (Å²) in [6.07, 6.45) is 28.3. The van der Waals surface area contributed by atoms with E-state index in [1.165, 1.54) is 23.3 Å². The Morgan fingerprint density at radius 2 is 2.11 bits per heavy atom. The summed E-state index contributed by atoms with van der Waals surface area (Å²) >= 11 is 0. The maximum absolute atomic E-state index is 3.88. The molecule has 1 heteroatoms. The maximum Gasteiger partial charge on any atom is 0.0103 e. The van der Waals surface area contributed by atoms with Crippen molar-refractivity contribution in [3.8, 4) is 0 Å². The Morgan fingerprint density at radius 3 is 2.81 bits per heavy atom. The van der Waals surface area contributed by atoms with Crippen molar-refractivity contribution in [1.82, 2.24) is 5.32 Å². The number of rotatable bonds is 8. The van der Waals surface area contributed by atoms with Gasteiger partial charge in [-0.25, -0.2) is 0 Å². The van der Waals surface area contributed by atoms with Crippen molar-refractivity contribution < 1.29 is 0 Å². The molecule has 1 unspecified atom stereocenters. The summed E-state index contributed by atoms with van der Waals surface area (Å²) in [7, 11) is 0. The summed E-state index contributed by atoms with van der Waals surface area (Å²) in [6, 6.07) is 0. The van der Waals surface area contributed by atoms with Gasteiger partial charge in [0.2, 0.25) is 0 Å². The van der Waals surface area contributed by atoms with Crippen molar-refractivity contribution in [2.45, 2.75) is 66.2 Å². The highest BCUT2D eigenvalue weighted by Crippen LogP contribution is 2.25. The Balaban J connectivity index is 2.81. The van der Waals surface area contributed by atoms with Crippen LogP contribution < -0.4 is 5.32 Å². The van der Waals surface area contributed by atoms with E-state index < -0.39 is 0 Å². The highest BCUT2D eigenvalue weighted by Gasteiger charge is 2.09. The van der Waals surface area contributed by atoms with Gasteiger partial charge in [0, 0.05) is 11.9 Å². The smallest absolute Gasteiger partial charge is 0.0103 e. The maximum atomic E-state index is 3.88. The summed E-state index contributed by atoms with van der Waals surface area (Å²) in [6.45, 7) is 13.0. The molecule has 0 spiro atoms. The molecule has 27 heavy (non-hydrogen) atoms. The molecule has 0 bridgehead atoms. The van der Waals surface area contributed by atoms with Crippen molar-refractivity contribution in [3.63, 3.8) is 0 Å². The number of nitrogens with one attached hydrogen (secondary N) is 1. The van der Waals surface area contributed by atoms with Gasteiger partial charge in [0.05, 0.1) is 0 Å². The fourth-order valence-electron chi connectivity index (χ4n) is 3.10. The highest BCUT2D eigenvalue weighted by molar-refractivity contribution is 5.26. The molecule has 0 radical (unpaired) electrons. The van der Waals surface area contributed by atoms with Crippen LogP contribution in [0.2, 0.25) is 0 Å². The summed E-state index contributed by atoms with van der Waals surface area (Å²) in [5, 5.41) is 3.38. The Kier molecular flexibility index (Phi) is 12.0. The van der Waals surface area contributed by atoms with E-state index in [1.807, 2.05) is 12.3 Å². The van der Waals surface area contributed by atoms with E-state index in [-0.39, 0.29) is 0 Å². The molecule has 0 aromatic heterocycles. The van der Waals surface area contributed by atoms with E-state index in [1.54, 1.807) is 0 Å². The molecule has 1 rings (SSSR count).